The molecule has 5 nitrogen and oxygen atoms in total. The maximum Gasteiger partial charge on any atom is 0.275 e. The number of benzene rings is 1. The number of amides is 1. The van der Waals surface area contributed by atoms with Gasteiger partial charge in [-0.15, -0.1) is 0 Å². The van der Waals surface area contributed by atoms with Crippen molar-refractivity contribution in [1.29, 1.82) is 0 Å². The fraction of sp³-hybridized carbons (Fsp3) is 0.300. The Balaban J connectivity index is 1.61. The molecule has 0 N–H and O–H groups in total. The van der Waals surface area contributed by atoms with E-state index in [-0.39, 0.29) is 11.9 Å². The monoisotopic (exact) mass is 496 g/mol. The number of pyridine rings is 1. The molecule has 0 atom stereocenters. The van der Waals surface area contributed by atoms with E-state index in [2.05, 4.69) is 8.13 Å². The van der Waals surface area contributed by atoms with E-state index in [1.165, 1.54) is 24.4 Å². The molecule has 0 radical (unpaired) electrons. The molecule has 1 amide bonds. The van der Waals surface area contributed by atoms with Crippen molar-refractivity contribution in [3.05, 3.63) is 65.8 Å². The first-order chi connectivity index (χ1) is 13.5. The lowest BCUT2D eigenvalue weighted by atomic mass is 9.90. The van der Waals surface area contributed by atoms with E-state index in [0.29, 0.717) is 23.4 Å². The lowest BCUT2D eigenvalue weighted by molar-refractivity contribution is -0.131. The molecular formula is C20H19F2IN4O. The topological polar surface area (TPSA) is 48.8 Å². The molecular weight excluding hydrogens is 477 g/mol. The number of carbonyl (C=O) groups is 1. The largest absolute Gasteiger partial charge is 0.330 e. The summed E-state index contributed by atoms with van der Waals surface area (Å²) in [5.74, 6) is -1.08. The van der Waals surface area contributed by atoms with Gasteiger partial charge in [-0.3, -0.25) is 4.79 Å². The molecule has 1 saturated carbocycles. The number of nitrogens with zero attached hydrogens (tertiary/aromatic N) is 4. The molecule has 0 unspecified atom stereocenters. The van der Waals surface area contributed by atoms with Crippen molar-refractivity contribution in [2.45, 2.75) is 31.8 Å². The Bertz CT molecular complexity index is 957. The third-order valence-corrected chi connectivity index (χ3v) is 6.66. The van der Waals surface area contributed by atoms with Crippen LogP contribution in [0.15, 0.2) is 51.6 Å². The van der Waals surface area contributed by atoms with E-state index >= 15 is 0 Å². The second kappa shape index (κ2) is 8.02. The minimum absolute atomic E-state index is 0.0666. The summed E-state index contributed by atoms with van der Waals surface area (Å²) in [5, 5.41) is 0. The highest BCUT2D eigenvalue weighted by molar-refractivity contribution is 14.1. The number of hydrogen-bond acceptors (Lipinski definition) is 4. The molecule has 2 heterocycles. The fourth-order valence-electron chi connectivity index (χ4n) is 3.24. The second-order valence-corrected chi connectivity index (χ2v) is 9.34. The summed E-state index contributed by atoms with van der Waals surface area (Å²) in [6.45, 7) is 0.389. The minimum atomic E-state index is -0.608. The first-order valence-electron chi connectivity index (χ1n) is 9.03. The van der Waals surface area contributed by atoms with Gasteiger partial charge < -0.3 is 8.01 Å². The average molecular weight is 496 g/mol. The molecule has 2 aromatic rings. The van der Waals surface area contributed by atoms with Crippen molar-refractivity contribution in [2.75, 3.05) is 7.05 Å². The SMILES string of the molecule is CN1C=C(C(=O)N(Cc2ccc(F)c(-c3ccc(F)nc3)c2)C2CCC2)N=I1. The highest BCUT2D eigenvalue weighted by Gasteiger charge is 2.31. The Morgan fingerprint density at radius 2 is 2.11 bits per heavy atom. The van der Waals surface area contributed by atoms with Crippen LogP contribution < -0.4 is 0 Å². The van der Waals surface area contributed by atoms with E-state index in [9.17, 15) is 13.6 Å². The zero-order valence-electron chi connectivity index (χ0n) is 15.3. The Labute approximate surface area is 172 Å². The van der Waals surface area contributed by atoms with Gasteiger partial charge in [0.2, 0.25) is 5.95 Å². The number of hydrogen-bond donors (Lipinski definition) is 0. The molecule has 0 saturated heterocycles. The summed E-state index contributed by atoms with van der Waals surface area (Å²) in [6.07, 6.45) is 6.17. The van der Waals surface area contributed by atoms with Gasteiger partial charge >= 0.3 is 0 Å². The van der Waals surface area contributed by atoms with Crippen molar-refractivity contribution in [1.82, 2.24) is 13.0 Å². The predicted octanol–water partition coefficient (Wildman–Crippen LogP) is 4.76. The smallest absolute Gasteiger partial charge is 0.275 e. The van der Waals surface area contributed by atoms with Crippen LogP contribution in [0, 0.1) is 11.8 Å². The van der Waals surface area contributed by atoms with Crippen molar-refractivity contribution in [3.8, 4) is 11.1 Å². The third kappa shape index (κ3) is 3.96. The van der Waals surface area contributed by atoms with Crippen molar-refractivity contribution < 1.29 is 13.6 Å². The molecule has 4 rings (SSSR count). The summed E-state index contributed by atoms with van der Waals surface area (Å²) >= 11 is -0.499. The minimum Gasteiger partial charge on any atom is -0.330 e. The average Bonchev–Trinajstić information content (AvgIpc) is 3.08. The van der Waals surface area contributed by atoms with Gasteiger partial charge in [0.1, 0.15) is 27.1 Å². The fourth-order valence-corrected chi connectivity index (χ4v) is 4.53. The van der Waals surface area contributed by atoms with Gasteiger partial charge in [0.05, 0.1) is 0 Å². The predicted molar refractivity (Wildman–Crippen MR) is 110 cm³/mol. The van der Waals surface area contributed by atoms with Crippen LogP contribution in [0.2, 0.25) is 0 Å². The van der Waals surface area contributed by atoms with Gasteiger partial charge in [-0.2, -0.15) is 7.54 Å². The molecule has 28 heavy (non-hydrogen) atoms. The lowest BCUT2D eigenvalue weighted by Gasteiger charge is -2.37. The zero-order chi connectivity index (χ0) is 19.7. The summed E-state index contributed by atoms with van der Waals surface area (Å²) in [7, 11) is 1.92. The lowest BCUT2D eigenvalue weighted by Crippen LogP contribution is -2.44. The van der Waals surface area contributed by atoms with E-state index in [0.717, 1.165) is 24.8 Å². The molecule has 146 valence electrons. The van der Waals surface area contributed by atoms with E-state index in [4.69, 9.17) is 0 Å². The van der Waals surface area contributed by atoms with Crippen LogP contribution in [0.3, 0.4) is 0 Å². The van der Waals surface area contributed by atoms with Crippen LogP contribution in [0.1, 0.15) is 24.8 Å². The van der Waals surface area contributed by atoms with Crippen molar-refractivity contribution in [2.24, 2.45) is 3.15 Å². The van der Waals surface area contributed by atoms with Crippen LogP contribution in [0.4, 0.5) is 8.78 Å². The summed E-state index contributed by atoms with van der Waals surface area (Å²) in [4.78, 5) is 18.5. The zero-order valence-corrected chi connectivity index (χ0v) is 17.4. The Morgan fingerprint density at radius 3 is 2.71 bits per heavy atom. The van der Waals surface area contributed by atoms with Gasteiger partial charge in [0, 0.05) is 43.2 Å². The summed E-state index contributed by atoms with van der Waals surface area (Å²) < 4.78 is 33.8. The molecule has 0 spiro atoms. The van der Waals surface area contributed by atoms with Crippen LogP contribution >= 0.6 is 21.3 Å². The number of aromatic nitrogens is 1. The Hall–Kier alpha value is -2.23. The van der Waals surface area contributed by atoms with Gasteiger partial charge in [-0.25, -0.2) is 9.37 Å². The molecule has 1 aliphatic heterocycles. The molecule has 2 aliphatic rings. The number of rotatable bonds is 5. The van der Waals surface area contributed by atoms with Gasteiger partial charge in [-0.1, -0.05) is 6.07 Å². The van der Waals surface area contributed by atoms with E-state index in [1.807, 2.05) is 21.3 Å². The molecule has 1 aliphatic carbocycles. The quantitative estimate of drug-likeness (QED) is 0.341. The highest BCUT2D eigenvalue weighted by atomic mass is 127. The van der Waals surface area contributed by atoms with Crippen molar-refractivity contribution in [3.63, 3.8) is 0 Å². The third-order valence-electron chi connectivity index (χ3n) is 4.97. The highest BCUT2D eigenvalue weighted by Crippen LogP contribution is 2.32. The maximum absolute atomic E-state index is 14.3. The van der Waals surface area contributed by atoms with Gasteiger partial charge in [-0.05, 0) is 49.1 Å². The molecule has 1 aromatic carbocycles. The van der Waals surface area contributed by atoms with Crippen LogP contribution in [0.25, 0.3) is 11.1 Å². The number of halogens is 3. The molecule has 8 heteroatoms. The normalized spacial score (nSPS) is 16.4. The molecule has 1 fully saturated rings. The first-order valence-corrected chi connectivity index (χ1v) is 11.0. The first kappa shape index (κ1) is 19.1. The van der Waals surface area contributed by atoms with Gasteiger partial charge in [0.15, 0.2) is 5.70 Å². The van der Waals surface area contributed by atoms with E-state index < -0.39 is 33.1 Å². The van der Waals surface area contributed by atoms with Crippen molar-refractivity contribution >= 4 is 27.2 Å². The van der Waals surface area contributed by atoms with Crippen LogP contribution in [-0.4, -0.2) is 32.0 Å². The standard InChI is InChI=1S/C20H19F2IN4O/c1-26-12-18(25-23-26)20(28)27(15-3-2-4-15)11-13-5-7-17(21)16(9-13)14-6-8-19(22)24-10-14/h5-10,12,15H,2-4,11H2,1H3. The summed E-state index contributed by atoms with van der Waals surface area (Å²) in [5.41, 5.74) is 2.18. The Morgan fingerprint density at radius 1 is 1.29 bits per heavy atom. The Kier molecular flexibility index (Phi) is 5.47. The van der Waals surface area contributed by atoms with Crippen LogP contribution in [-0.2, 0) is 11.3 Å². The second-order valence-electron chi connectivity index (χ2n) is 6.90. The molecule has 0 bridgehead atoms. The maximum atomic E-state index is 14.3. The van der Waals surface area contributed by atoms with Gasteiger partial charge in [0.25, 0.3) is 5.91 Å². The number of carbonyl (C=O) groups excluding carboxylic acids is 1. The van der Waals surface area contributed by atoms with Crippen LogP contribution in [0.5, 0.6) is 0 Å². The molecule has 1 aromatic heterocycles. The summed E-state index contributed by atoms with van der Waals surface area (Å²) in [6, 6.07) is 7.68. The van der Waals surface area contributed by atoms with E-state index in [1.54, 1.807) is 12.1 Å².